The van der Waals surface area contributed by atoms with Gasteiger partial charge in [-0.05, 0) is 32.6 Å². The van der Waals surface area contributed by atoms with Gasteiger partial charge in [-0.2, -0.15) is 0 Å². The number of halogens is 1. The zero-order valence-corrected chi connectivity index (χ0v) is 12.4. The Labute approximate surface area is 119 Å². The van der Waals surface area contributed by atoms with E-state index < -0.39 is 5.97 Å². The van der Waals surface area contributed by atoms with Gasteiger partial charge in [0.1, 0.15) is 5.56 Å². The highest BCUT2D eigenvalue weighted by molar-refractivity contribution is 6.34. The van der Waals surface area contributed by atoms with Gasteiger partial charge in [0.2, 0.25) is 0 Å². The highest BCUT2D eigenvalue weighted by atomic mass is 35.5. The Morgan fingerprint density at radius 3 is 2.47 bits per heavy atom. The lowest BCUT2D eigenvalue weighted by Crippen LogP contribution is -2.33. The number of likely N-dealkylation sites (N-methyl/N-ethyl adjacent to an activating group) is 1. The minimum Gasteiger partial charge on any atom is -0.478 e. The molecule has 1 N–H and O–H groups in total. The van der Waals surface area contributed by atoms with Crippen LogP contribution >= 0.6 is 11.6 Å². The maximum Gasteiger partial charge on any atom is 0.339 e. The number of carboxylic acids is 1. The average Bonchev–Trinajstić information content (AvgIpc) is 2.33. The predicted molar refractivity (Wildman–Crippen MR) is 79.5 cm³/mol. The zero-order valence-electron chi connectivity index (χ0n) is 11.7. The van der Waals surface area contributed by atoms with Crippen molar-refractivity contribution in [3.05, 3.63) is 28.8 Å². The monoisotopic (exact) mass is 284 g/mol. The molecule has 0 amide bonds. The number of hydrogen-bond donors (Lipinski definition) is 1. The molecule has 0 unspecified atom stereocenters. The van der Waals surface area contributed by atoms with Crippen molar-refractivity contribution in [2.24, 2.45) is 0 Å². The van der Waals surface area contributed by atoms with Crippen molar-refractivity contribution in [3.63, 3.8) is 0 Å². The van der Waals surface area contributed by atoms with Crippen molar-refractivity contribution in [1.29, 1.82) is 0 Å². The molecule has 19 heavy (non-hydrogen) atoms. The molecule has 106 valence electrons. The number of carbonyl (C=O) groups is 1. The highest BCUT2D eigenvalue weighted by Gasteiger charge is 2.18. The van der Waals surface area contributed by atoms with Crippen molar-refractivity contribution >= 4 is 23.3 Å². The van der Waals surface area contributed by atoms with E-state index in [2.05, 4.69) is 16.7 Å². The molecule has 0 aliphatic rings. The van der Waals surface area contributed by atoms with Crippen LogP contribution in [-0.2, 0) is 0 Å². The molecule has 0 radical (unpaired) electrons. The fourth-order valence-electron chi connectivity index (χ4n) is 1.93. The van der Waals surface area contributed by atoms with E-state index in [1.165, 1.54) is 0 Å². The van der Waals surface area contributed by atoms with Crippen LogP contribution in [-0.4, -0.2) is 49.7 Å². The first-order valence-electron chi connectivity index (χ1n) is 6.38. The van der Waals surface area contributed by atoms with Gasteiger partial charge in [-0.1, -0.05) is 24.6 Å². The number of benzene rings is 1. The van der Waals surface area contributed by atoms with Crippen LogP contribution in [0.25, 0.3) is 0 Å². The van der Waals surface area contributed by atoms with Gasteiger partial charge in [0.15, 0.2) is 0 Å². The molecule has 1 aromatic carbocycles. The first kappa shape index (κ1) is 15.8. The largest absolute Gasteiger partial charge is 0.478 e. The fourth-order valence-corrected chi connectivity index (χ4v) is 2.18. The fraction of sp³-hybridized carbons (Fsp3) is 0.500. The van der Waals surface area contributed by atoms with Crippen LogP contribution in [0.3, 0.4) is 0 Å². The van der Waals surface area contributed by atoms with Crippen molar-refractivity contribution in [3.8, 4) is 0 Å². The first-order chi connectivity index (χ1) is 8.97. The summed E-state index contributed by atoms with van der Waals surface area (Å²) in [6.45, 7) is 4.54. The molecular formula is C14H21ClN2O2. The Bertz CT molecular complexity index is 435. The van der Waals surface area contributed by atoms with Gasteiger partial charge in [-0.15, -0.1) is 0 Å². The molecular weight excluding hydrogens is 264 g/mol. The van der Waals surface area contributed by atoms with Gasteiger partial charge < -0.3 is 14.9 Å². The summed E-state index contributed by atoms with van der Waals surface area (Å²) in [6, 6.07) is 5.23. The predicted octanol–water partition coefficient (Wildman–Crippen LogP) is 2.82. The molecule has 0 aliphatic carbocycles. The summed E-state index contributed by atoms with van der Waals surface area (Å²) in [5, 5.41) is 9.61. The van der Waals surface area contributed by atoms with Crippen LogP contribution in [0.2, 0.25) is 5.02 Å². The number of rotatable bonds is 7. The number of anilines is 1. The molecule has 4 nitrogen and oxygen atoms in total. The molecule has 1 rings (SSSR count). The third-order valence-corrected chi connectivity index (χ3v) is 3.17. The lowest BCUT2D eigenvalue weighted by atomic mass is 10.1. The quantitative estimate of drug-likeness (QED) is 0.836. The van der Waals surface area contributed by atoms with E-state index in [0.717, 1.165) is 26.1 Å². The summed E-state index contributed by atoms with van der Waals surface area (Å²) in [4.78, 5) is 15.5. The smallest absolute Gasteiger partial charge is 0.339 e. The van der Waals surface area contributed by atoms with Gasteiger partial charge in [-0.25, -0.2) is 4.79 Å². The second-order valence-electron chi connectivity index (χ2n) is 4.73. The third-order valence-electron chi connectivity index (χ3n) is 2.86. The molecule has 0 saturated carbocycles. The molecule has 0 fully saturated rings. The first-order valence-corrected chi connectivity index (χ1v) is 6.76. The van der Waals surface area contributed by atoms with Crippen molar-refractivity contribution in [1.82, 2.24) is 4.90 Å². The summed E-state index contributed by atoms with van der Waals surface area (Å²) in [5.41, 5.74) is 0.889. The average molecular weight is 285 g/mol. The van der Waals surface area contributed by atoms with Crippen LogP contribution in [0.5, 0.6) is 0 Å². The van der Waals surface area contributed by atoms with Gasteiger partial charge in [0.25, 0.3) is 0 Å². The minimum atomic E-state index is -0.980. The van der Waals surface area contributed by atoms with E-state index in [0.29, 0.717) is 5.69 Å². The van der Waals surface area contributed by atoms with Crippen molar-refractivity contribution in [2.45, 2.75) is 13.3 Å². The Morgan fingerprint density at radius 1 is 1.26 bits per heavy atom. The van der Waals surface area contributed by atoms with E-state index in [1.54, 1.807) is 12.1 Å². The molecule has 0 aliphatic heterocycles. The van der Waals surface area contributed by atoms with Crippen molar-refractivity contribution < 1.29 is 9.90 Å². The molecule has 0 bridgehead atoms. The third kappa shape index (κ3) is 4.40. The van der Waals surface area contributed by atoms with Crippen LogP contribution in [0.15, 0.2) is 18.2 Å². The van der Waals surface area contributed by atoms with Crippen LogP contribution < -0.4 is 4.90 Å². The van der Waals surface area contributed by atoms with E-state index >= 15 is 0 Å². The molecule has 5 heteroatoms. The Kier molecular flexibility index (Phi) is 6.12. The zero-order chi connectivity index (χ0) is 14.4. The Hall–Kier alpha value is -1.26. The van der Waals surface area contributed by atoms with Crippen LogP contribution in [0.4, 0.5) is 5.69 Å². The number of aromatic carboxylic acids is 1. The number of nitrogens with zero attached hydrogens (tertiary/aromatic N) is 2. The van der Waals surface area contributed by atoms with E-state index in [1.807, 2.05) is 20.2 Å². The summed E-state index contributed by atoms with van der Waals surface area (Å²) in [5.74, 6) is -0.980. The molecule has 0 spiro atoms. The number of hydrogen-bond acceptors (Lipinski definition) is 3. The van der Waals surface area contributed by atoms with Gasteiger partial charge >= 0.3 is 5.97 Å². The van der Waals surface area contributed by atoms with E-state index in [4.69, 9.17) is 11.6 Å². The lowest BCUT2D eigenvalue weighted by molar-refractivity contribution is 0.0697. The number of carboxylic acid groups (broad SMARTS) is 1. The van der Waals surface area contributed by atoms with Crippen LogP contribution in [0, 0.1) is 0 Å². The van der Waals surface area contributed by atoms with Gasteiger partial charge in [0, 0.05) is 19.6 Å². The van der Waals surface area contributed by atoms with E-state index in [9.17, 15) is 9.90 Å². The maximum absolute atomic E-state index is 11.4. The standard InChI is InChI=1S/C14H21ClN2O2/c1-4-8-17(10-9-16(2)3)12-7-5-6-11(15)13(12)14(18)19/h5-7H,4,8-10H2,1-3H3,(H,18,19). The highest BCUT2D eigenvalue weighted by Crippen LogP contribution is 2.27. The molecule has 0 aromatic heterocycles. The summed E-state index contributed by atoms with van der Waals surface area (Å²) < 4.78 is 0. The van der Waals surface area contributed by atoms with E-state index in [-0.39, 0.29) is 10.6 Å². The molecule has 0 saturated heterocycles. The van der Waals surface area contributed by atoms with Crippen molar-refractivity contribution in [2.75, 3.05) is 38.6 Å². The van der Waals surface area contributed by atoms with Gasteiger partial charge in [0.05, 0.1) is 10.7 Å². The molecule has 0 atom stereocenters. The van der Waals surface area contributed by atoms with Gasteiger partial charge in [-0.3, -0.25) is 0 Å². The second kappa shape index (κ2) is 7.36. The maximum atomic E-state index is 11.4. The summed E-state index contributed by atoms with van der Waals surface area (Å²) in [6.07, 6.45) is 0.957. The van der Waals surface area contributed by atoms with Crippen LogP contribution in [0.1, 0.15) is 23.7 Å². The normalized spacial score (nSPS) is 10.8. The summed E-state index contributed by atoms with van der Waals surface area (Å²) in [7, 11) is 4.00. The Balaban J connectivity index is 3.07. The molecule has 0 heterocycles. The molecule has 1 aromatic rings. The minimum absolute atomic E-state index is 0.191. The summed E-state index contributed by atoms with van der Waals surface area (Å²) >= 11 is 6.01. The topological polar surface area (TPSA) is 43.8 Å². The Morgan fingerprint density at radius 2 is 1.95 bits per heavy atom. The SMILES string of the molecule is CCCN(CCN(C)C)c1cccc(Cl)c1C(=O)O. The second-order valence-corrected chi connectivity index (χ2v) is 5.14. The lowest BCUT2D eigenvalue weighted by Gasteiger charge is -2.27.